The second kappa shape index (κ2) is 10.3. The summed E-state index contributed by atoms with van der Waals surface area (Å²) in [5.41, 5.74) is 0.298. The molecular formula is C23H34N2O9S. The molecule has 12 heteroatoms. The van der Waals surface area contributed by atoms with E-state index in [9.17, 15) is 13.2 Å². The highest BCUT2D eigenvalue weighted by Crippen LogP contribution is 2.39. The lowest BCUT2D eigenvalue weighted by molar-refractivity contribution is -0.229. The van der Waals surface area contributed by atoms with Gasteiger partial charge in [0, 0.05) is 25.7 Å². The van der Waals surface area contributed by atoms with Crippen molar-refractivity contribution in [3.05, 3.63) is 35.9 Å². The summed E-state index contributed by atoms with van der Waals surface area (Å²) < 4.78 is 60.3. The molecule has 1 aromatic rings. The Kier molecular flexibility index (Phi) is 7.72. The maximum Gasteiger partial charge on any atom is 0.407 e. The SMILES string of the molecule is CO[C@@H]1O[C@H](COS(=O)(=O)N2CCC(C)(NC(=O)OCc3ccccc3)CC2)[C@H]2OC(C)(C)O[C@@H]12. The van der Waals surface area contributed by atoms with Gasteiger partial charge < -0.3 is 29.0 Å². The van der Waals surface area contributed by atoms with E-state index in [4.69, 9.17) is 27.9 Å². The maximum absolute atomic E-state index is 12.8. The van der Waals surface area contributed by atoms with E-state index < -0.39 is 52.3 Å². The van der Waals surface area contributed by atoms with Gasteiger partial charge in [0.2, 0.25) is 0 Å². The van der Waals surface area contributed by atoms with E-state index in [2.05, 4.69) is 5.32 Å². The zero-order valence-corrected chi connectivity index (χ0v) is 21.3. The Morgan fingerprint density at radius 3 is 2.43 bits per heavy atom. The van der Waals surface area contributed by atoms with Gasteiger partial charge in [-0.15, -0.1) is 0 Å². The van der Waals surface area contributed by atoms with Gasteiger partial charge in [-0.3, -0.25) is 4.18 Å². The van der Waals surface area contributed by atoms with E-state index in [0.717, 1.165) is 5.56 Å². The molecule has 3 aliphatic rings. The average Bonchev–Trinajstić information content (AvgIpc) is 3.29. The Hall–Kier alpha value is -1.80. The van der Waals surface area contributed by atoms with Crippen LogP contribution in [0.15, 0.2) is 30.3 Å². The molecule has 1 aromatic carbocycles. The Morgan fingerprint density at radius 1 is 1.11 bits per heavy atom. The first-order valence-electron chi connectivity index (χ1n) is 11.7. The second-order valence-corrected chi connectivity index (χ2v) is 11.3. The number of carbonyl (C=O) groups excluding carboxylic acids is 1. The van der Waals surface area contributed by atoms with Crippen LogP contribution < -0.4 is 5.32 Å². The lowest BCUT2D eigenvalue weighted by atomic mass is 9.91. The Balaban J connectivity index is 1.25. The number of alkyl carbamates (subject to hydrolysis) is 1. The summed E-state index contributed by atoms with van der Waals surface area (Å²) in [4.78, 5) is 12.3. The molecule has 0 aromatic heterocycles. The molecule has 11 nitrogen and oxygen atoms in total. The van der Waals surface area contributed by atoms with Crippen molar-refractivity contribution in [1.82, 2.24) is 9.62 Å². The molecule has 4 atom stereocenters. The fraction of sp³-hybridized carbons (Fsp3) is 0.696. The molecule has 35 heavy (non-hydrogen) atoms. The predicted molar refractivity (Wildman–Crippen MR) is 123 cm³/mol. The summed E-state index contributed by atoms with van der Waals surface area (Å²) in [6, 6.07) is 9.38. The van der Waals surface area contributed by atoms with Crippen LogP contribution in [0.5, 0.6) is 0 Å². The standard InChI is InChI=1S/C23H34N2O9S/c1-22(2)33-18-17(32-20(29-4)19(18)34-22)15-31-35(27,28)25-12-10-23(3,11-13-25)24-21(26)30-14-16-8-6-5-7-9-16/h5-9,17-20H,10-15H2,1-4H3,(H,24,26)/t17-,18-,19-,20-/m1/s1. The third-order valence-electron chi connectivity index (χ3n) is 6.48. The van der Waals surface area contributed by atoms with Crippen molar-refractivity contribution in [1.29, 1.82) is 0 Å². The number of hydrogen-bond acceptors (Lipinski definition) is 9. The molecule has 0 radical (unpaired) electrons. The number of nitrogens with one attached hydrogen (secondary N) is 1. The van der Waals surface area contributed by atoms with Gasteiger partial charge in [0.1, 0.15) is 24.9 Å². The van der Waals surface area contributed by atoms with E-state index in [0.29, 0.717) is 12.8 Å². The number of carbonyl (C=O) groups is 1. The van der Waals surface area contributed by atoms with Gasteiger partial charge >= 0.3 is 16.4 Å². The van der Waals surface area contributed by atoms with Crippen LogP contribution in [0.25, 0.3) is 0 Å². The first-order chi connectivity index (χ1) is 16.5. The summed E-state index contributed by atoms with van der Waals surface area (Å²) in [6.07, 6.45) is -1.99. The molecule has 0 aliphatic carbocycles. The number of methoxy groups -OCH3 is 1. The van der Waals surface area contributed by atoms with Crippen molar-refractivity contribution in [2.75, 3.05) is 26.8 Å². The highest BCUT2D eigenvalue weighted by atomic mass is 32.2. The van der Waals surface area contributed by atoms with Crippen LogP contribution in [0.3, 0.4) is 0 Å². The number of ether oxygens (including phenoxy) is 5. The molecule has 3 saturated heterocycles. The van der Waals surface area contributed by atoms with Crippen molar-refractivity contribution in [3.8, 4) is 0 Å². The summed E-state index contributed by atoms with van der Waals surface area (Å²) in [7, 11) is -2.51. The lowest BCUT2D eigenvalue weighted by Crippen LogP contribution is -2.54. The Bertz CT molecular complexity index is 980. The summed E-state index contributed by atoms with van der Waals surface area (Å²) in [5, 5.41) is 2.87. The van der Waals surface area contributed by atoms with Crippen molar-refractivity contribution in [2.24, 2.45) is 0 Å². The molecule has 3 aliphatic heterocycles. The van der Waals surface area contributed by atoms with Gasteiger partial charge in [-0.05, 0) is 39.2 Å². The van der Waals surface area contributed by atoms with Gasteiger partial charge in [0.25, 0.3) is 0 Å². The minimum absolute atomic E-state index is 0.165. The molecule has 3 heterocycles. The highest BCUT2D eigenvalue weighted by Gasteiger charge is 2.56. The number of fused-ring (bicyclic) bond motifs is 1. The first-order valence-corrected chi connectivity index (χ1v) is 13.0. The zero-order valence-electron chi connectivity index (χ0n) is 20.5. The molecule has 0 spiro atoms. The number of benzene rings is 1. The van der Waals surface area contributed by atoms with E-state index in [1.807, 2.05) is 37.3 Å². The smallest absolute Gasteiger partial charge is 0.407 e. The number of rotatable bonds is 8. The number of piperidine rings is 1. The number of amides is 1. The fourth-order valence-electron chi connectivity index (χ4n) is 4.53. The molecule has 1 amide bonds. The van der Waals surface area contributed by atoms with E-state index in [-0.39, 0.29) is 26.3 Å². The van der Waals surface area contributed by atoms with Crippen LogP contribution in [0.1, 0.15) is 39.2 Å². The molecule has 0 unspecified atom stereocenters. The maximum atomic E-state index is 12.8. The van der Waals surface area contributed by atoms with Gasteiger partial charge in [0.15, 0.2) is 12.1 Å². The molecule has 1 N–H and O–H groups in total. The van der Waals surface area contributed by atoms with Crippen molar-refractivity contribution in [2.45, 2.75) is 76.1 Å². The zero-order chi connectivity index (χ0) is 25.3. The first kappa shape index (κ1) is 26.3. The molecular weight excluding hydrogens is 480 g/mol. The number of hydrogen-bond donors (Lipinski definition) is 1. The fourth-order valence-corrected chi connectivity index (χ4v) is 5.61. The van der Waals surface area contributed by atoms with Crippen LogP contribution in [0.4, 0.5) is 4.79 Å². The monoisotopic (exact) mass is 514 g/mol. The molecule has 196 valence electrons. The van der Waals surface area contributed by atoms with Gasteiger partial charge in [0.05, 0.1) is 6.61 Å². The Labute approximate surface area is 206 Å². The summed E-state index contributed by atoms with van der Waals surface area (Å²) in [6.45, 7) is 5.77. The summed E-state index contributed by atoms with van der Waals surface area (Å²) in [5.74, 6) is -0.820. The molecule has 3 fully saturated rings. The largest absolute Gasteiger partial charge is 0.445 e. The average molecular weight is 515 g/mol. The third-order valence-corrected chi connectivity index (χ3v) is 7.91. The lowest BCUT2D eigenvalue weighted by Gasteiger charge is -2.38. The van der Waals surface area contributed by atoms with Crippen molar-refractivity contribution < 1.29 is 41.1 Å². The summed E-state index contributed by atoms with van der Waals surface area (Å²) >= 11 is 0. The van der Waals surface area contributed by atoms with E-state index in [1.54, 1.807) is 13.8 Å². The minimum Gasteiger partial charge on any atom is -0.445 e. The topological polar surface area (TPSA) is 122 Å². The highest BCUT2D eigenvalue weighted by molar-refractivity contribution is 7.84. The van der Waals surface area contributed by atoms with Crippen LogP contribution >= 0.6 is 0 Å². The van der Waals surface area contributed by atoms with Crippen molar-refractivity contribution in [3.63, 3.8) is 0 Å². The van der Waals surface area contributed by atoms with Crippen LogP contribution in [0.2, 0.25) is 0 Å². The molecule has 0 saturated carbocycles. The van der Waals surface area contributed by atoms with Crippen LogP contribution in [-0.2, 0) is 44.8 Å². The van der Waals surface area contributed by atoms with Gasteiger partial charge in [-0.1, -0.05) is 30.3 Å². The van der Waals surface area contributed by atoms with Gasteiger partial charge in [-0.25, -0.2) is 4.79 Å². The van der Waals surface area contributed by atoms with E-state index >= 15 is 0 Å². The second-order valence-electron chi connectivity index (χ2n) is 9.73. The van der Waals surface area contributed by atoms with Crippen LogP contribution in [-0.4, -0.2) is 81.6 Å². The minimum atomic E-state index is -4.01. The normalized spacial score (nSPS) is 30.1. The van der Waals surface area contributed by atoms with Gasteiger partial charge in [-0.2, -0.15) is 12.7 Å². The molecule has 0 bridgehead atoms. The number of nitrogens with zero attached hydrogens (tertiary/aromatic N) is 1. The van der Waals surface area contributed by atoms with Crippen LogP contribution in [0, 0.1) is 0 Å². The molecule has 4 rings (SSSR count). The van der Waals surface area contributed by atoms with E-state index in [1.165, 1.54) is 11.4 Å². The Morgan fingerprint density at radius 2 is 1.77 bits per heavy atom. The van der Waals surface area contributed by atoms with Crippen molar-refractivity contribution >= 4 is 16.4 Å². The predicted octanol–water partition coefficient (Wildman–Crippen LogP) is 1.92. The third kappa shape index (κ3) is 6.31. The quantitative estimate of drug-likeness (QED) is 0.554.